The van der Waals surface area contributed by atoms with Gasteiger partial charge in [-0.15, -0.1) is 0 Å². The first-order valence-electron chi connectivity index (χ1n) is 10.3. The maximum atomic E-state index is 12.9. The molecule has 1 unspecified atom stereocenters. The number of hydrogen-bond acceptors (Lipinski definition) is 7. The highest BCUT2D eigenvalue weighted by Crippen LogP contribution is 2.33. The van der Waals surface area contributed by atoms with Crippen LogP contribution >= 0.6 is 0 Å². The van der Waals surface area contributed by atoms with Gasteiger partial charge in [-0.25, -0.2) is 5.01 Å². The van der Waals surface area contributed by atoms with Crippen molar-refractivity contribution in [2.45, 2.75) is 19.1 Å². The van der Waals surface area contributed by atoms with E-state index in [4.69, 9.17) is 14.0 Å². The molecule has 4 rings (SSSR count). The standard InChI is InChI=1S/C24H21F2N3O5/c1-31-18-10-6-17(7-11-18)20-13-21(22-3-2-12-32-22)29(28-20)23(30)15-33-27-14-16-4-8-19(9-5-16)34-24(25)26/h2-12,14,21,24H,13,15H2,1H3/b27-14+. The number of halogens is 2. The molecule has 0 N–H and O–H groups in total. The highest BCUT2D eigenvalue weighted by molar-refractivity contribution is 6.03. The first-order valence-corrected chi connectivity index (χ1v) is 10.3. The summed E-state index contributed by atoms with van der Waals surface area (Å²) in [4.78, 5) is 18.0. The third-order valence-corrected chi connectivity index (χ3v) is 5.03. The summed E-state index contributed by atoms with van der Waals surface area (Å²) in [6, 6.07) is 16.4. The molecular weight excluding hydrogens is 448 g/mol. The number of furan rings is 1. The summed E-state index contributed by atoms with van der Waals surface area (Å²) in [7, 11) is 1.59. The number of carbonyl (C=O) groups excluding carboxylic acids is 1. The summed E-state index contributed by atoms with van der Waals surface area (Å²) in [6.07, 6.45) is 3.38. The Morgan fingerprint density at radius 3 is 2.56 bits per heavy atom. The number of hydrogen-bond donors (Lipinski definition) is 0. The molecule has 0 bridgehead atoms. The van der Waals surface area contributed by atoms with Crippen molar-refractivity contribution in [3.05, 3.63) is 83.8 Å². The minimum absolute atomic E-state index is 0.0340. The van der Waals surface area contributed by atoms with Crippen LogP contribution in [0.4, 0.5) is 8.78 Å². The number of carbonyl (C=O) groups is 1. The molecule has 2 aromatic carbocycles. The Kier molecular flexibility index (Phi) is 7.16. The summed E-state index contributed by atoms with van der Waals surface area (Å²) >= 11 is 0. The lowest BCUT2D eigenvalue weighted by atomic mass is 10.0. The van der Waals surface area contributed by atoms with E-state index in [0.717, 1.165) is 17.0 Å². The largest absolute Gasteiger partial charge is 0.497 e. The van der Waals surface area contributed by atoms with Gasteiger partial charge >= 0.3 is 6.61 Å². The lowest BCUT2D eigenvalue weighted by molar-refractivity contribution is -0.138. The highest BCUT2D eigenvalue weighted by atomic mass is 19.3. The smallest absolute Gasteiger partial charge is 0.387 e. The van der Waals surface area contributed by atoms with Crippen LogP contribution in [0.1, 0.15) is 29.3 Å². The third kappa shape index (κ3) is 5.58. The van der Waals surface area contributed by atoms with Gasteiger partial charge < -0.3 is 18.7 Å². The number of alkyl halides is 2. The number of benzene rings is 2. The molecule has 176 valence electrons. The van der Waals surface area contributed by atoms with Crippen molar-refractivity contribution < 1.29 is 32.3 Å². The van der Waals surface area contributed by atoms with Gasteiger partial charge in [-0.2, -0.15) is 13.9 Å². The van der Waals surface area contributed by atoms with Gasteiger partial charge in [0.15, 0.2) is 6.61 Å². The van der Waals surface area contributed by atoms with E-state index < -0.39 is 18.6 Å². The number of hydrazone groups is 1. The molecule has 1 amide bonds. The Morgan fingerprint density at radius 2 is 1.91 bits per heavy atom. The second-order valence-corrected chi connectivity index (χ2v) is 7.20. The second kappa shape index (κ2) is 10.6. The van der Waals surface area contributed by atoms with Gasteiger partial charge in [0, 0.05) is 6.42 Å². The molecule has 0 saturated carbocycles. The van der Waals surface area contributed by atoms with E-state index in [0.29, 0.717) is 17.7 Å². The molecule has 3 aromatic rings. The third-order valence-electron chi connectivity index (χ3n) is 5.03. The summed E-state index contributed by atoms with van der Waals surface area (Å²) in [5.41, 5.74) is 2.18. The number of ether oxygens (including phenoxy) is 2. The SMILES string of the molecule is COc1ccc(C2=NN(C(=O)CO/N=C/c3ccc(OC(F)F)cc3)C(c3ccco3)C2)cc1. The molecular formula is C24H21F2N3O5. The van der Waals surface area contributed by atoms with E-state index in [2.05, 4.69) is 15.0 Å². The van der Waals surface area contributed by atoms with Crippen LogP contribution < -0.4 is 9.47 Å². The van der Waals surface area contributed by atoms with E-state index in [1.807, 2.05) is 24.3 Å². The van der Waals surface area contributed by atoms with Crippen LogP contribution in [0.15, 0.2) is 81.6 Å². The average molecular weight is 469 g/mol. The van der Waals surface area contributed by atoms with Gasteiger partial charge in [-0.05, 0) is 71.8 Å². The molecule has 0 aliphatic carbocycles. The van der Waals surface area contributed by atoms with E-state index >= 15 is 0 Å². The van der Waals surface area contributed by atoms with Crippen LogP contribution in [-0.4, -0.2) is 43.2 Å². The number of nitrogens with zero attached hydrogens (tertiary/aromatic N) is 3. The molecule has 0 fully saturated rings. The Morgan fingerprint density at radius 1 is 1.18 bits per heavy atom. The molecule has 0 saturated heterocycles. The fraction of sp³-hybridized carbons (Fsp3) is 0.208. The van der Waals surface area contributed by atoms with Crippen LogP contribution in [0.3, 0.4) is 0 Å². The summed E-state index contributed by atoms with van der Waals surface area (Å²) in [5.74, 6) is 0.963. The van der Waals surface area contributed by atoms with Gasteiger partial charge in [0.1, 0.15) is 23.3 Å². The van der Waals surface area contributed by atoms with Crippen LogP contribution in [0.25, 0.3) is 0 Å². The molecule has 1 aliphatic heterocycles. The predicted molar refractivity (Wildman–Crippen MR) is 119 cm³/mol. The fourth-order valence-corrected chi connectivity index (χ4v) is 3.39. The number of rotatable bonds is 9. The summed E-state index contributed by atoms with van der Waals surface area (Å²) in [5, 5.41) is 9.63. The van der Waals surface area contributed by atoms with Crippen molar-refractivity contribution in [3.63, 3.8) is 0 Å². The van der Waals surface area contributed by atoms with Crippen molar-refractivity contribution >= 4 is 17.8 Å². The summed E-state index contributed by atoms with van der Waals surface area (Å²) in [6.45, 7) is -3.24. The molecule has 0 radical (unpaired) electrons. The van der Waals surface area contributed by atoms with Gasteiger partial charge in [0.05, 0.1) is 25.3 Å². The Balaban J connectivity index is 1.40. The van der Waals surface area contributed by atoms with Crippen LogP contribution in [0.2, 0.25) is 0 Å². The molecule has 1 aliphatic rings. The van der Waals surface area contributed by atoms with Gasteiger partial charge in [0.2, 0.25) is 0 Å². The molecule has 1 atom stereocenters. The van der Waals surface area contributed by atoms with Gasteiger partial charge in [-0.1, -0.05) is 5.16 Å². The van der Waals surface area contributed by atoms with E-state index in [-0.39, 0.29) is 12.4 Å². The topological polar surface area (TPSA) is 85.9 Å². The average Bonchev–Trinajstić information content (AvgIpc) is 3.53. The lowest BCUT2D eigenvalue weighted by Gasteiger charge is -2.19. The fourth-order valence-electron chi connectivity index (χ4n) is 3.39. The van der Waals surface area contributed by atoms with Crippen LogP contribution in [0.5, 0.6) is 11.5 Å². The van der Waals surface area contributed by atoms with E-state index in [1.165, 1.54) is 35.5 Å². The Bertz CT molecular complexity index is 1150. The van der Waals surface area contributed by atoms with E-state index in [1.54, 1.807) is 25.5 Å². The monoisotopic (exact) mass is 469 g/mol. The number of methoxy groups -OCH3 is 1. The maximum absolute atomic E-state index is 12.9. The maximum Gasteiger partial charge on any atom is 0.387 e. The molecule has 0 spiro atoms. The Labute approximate surface area is 194 Å². The normalized spacial score (nSPS) is 15.6. The van der Waals surface area contributed by atoms with Crippen LogP contribution in [-0.2, 0) is 9.63 Å². The zero-order valence-electron chi connectivity index (χ0n) is 18.1. The minimum atomic E-state index is -2.89. The van der Waals surface area contributed by atoms with Crippen LogP contribution in [0, 0.1) is 0 Å². The second-order valence-electron chi connectivity index (χ2n) is 7.20. The zero-order chi connectivity index (χ0) is 23.9. The van der Waals surface area contributed by atoms with Crippen molar-refractivity contribution in [1.82, 2.24) is 5.01 Å². The number of oxime groups is 1. The molecule has 2 heterocycles. The van der Waals surface area contributed by atoms with Gasteiger partial charge in [0.25, 0.3) is 5.91 Å². The first kappa shape index (κ1) is 23.0. The first-order chi connectivity index (χ1) is 16.5. The van der Waals surface area contributed by atoms with Gasteiger partial charge in [-0.3, -0.25) is 4.79 Å². The molecule has 8 nitrogen and oxygen atoms in total. The Hall–Kier alpha value is -4.21. The highest BCUT2D eigenvalue weighted by Gasteiger charge is 2.35. The molecule has 1 aromatic heterocycles. The lowest BCUT2D eigenvalue weighted by Crippen LogP contribution is -2.29. The molecule has 10 heteroatoms. The van der Waals surface area contributed by atoms with Crippen molar-refractivity contribution in [3.8, 4) is 11.5 Å². The zero-order valence-corrected chi connectivity index (χ0v) is 18.1. The van der Waals surface area contributed by atoms with Crippen molar-refractivity contribution in [1.29, 1.82) is 0 Å². The quantitative estimate of drug-likeness (QED) is 0.337. The number of amides is 1. The summed E-state index contributed by atoms with van der Waals surface area (Å²) < 4.78 is 39.4. The van der Waals surface area contributed by atoms with E-state index in [9.17, 15) is 13.6 Å². The predicted octanol–water partition coefficient (Wildman–Crippen LogP) is 4.62. The minimum Gasteiger partial charge on any atom is -0.497 e. The molecule has 34 heavy (non-hydrogen) atoms. The van der Waals surface area contributed by atoms with Crippen molar-refractivity contribution in [2.24, 2.45) is 10.3 Å². The van der Waals surface area contributed by atoms with Crippen molar-refractivity contribution in [2.75, 3.05) is 13.7 Å².